The van der Waals surface area contributed by atoms with Crippen molar-refractivity contribution in [2.24, 2.45) is 0 Å². The van der Waals surface area contributed by atoms with Gasteiger partial charge in [-0.25, -0.2) is 4.68 Å². The fourth-order valence-electron chi connectivity index (χ4n) is 2.25. The number of amides is 1. The molecule has 0 saturated carbocycles. The van der Waals surface area contributed by atoms with E-state index in [2.05, 4.69) is 17.3 Å². The minimum Gasteiger partial charge on any atom is -0.348 e. The first-order valence-electron chi connectivity index (χ1n) is 7.69. The van der Waals surface area contributed by atoms with Gasteiger partial charge in [-0.05, 0) is 43.0 Å². The minimum absolute atomic E-state index is 0.0986. The molecule has 4 nitrogen and oxygen atoms in total. The Kier molecular flexibility index (Phi) is 4.57. The molecule has 3 rings (SSSR count). The summed E-state index contributed by atoms with van der Waals surface area (Å²) in [6, 6.07) is 15.7. The maximum atomic E-state index is 12.6. The SMILES string of the molecule is CC[C@@H](C)NC(=O)c1cc(-c2cccs2)nn1-c1ccccc1. The summed E-state index contributed by atoms with van der Waals surface area (Å²) < 4.78 is 1.72. The first-order valence-corrected chi connectivity index (χ1v) is 8.57. The Morgan fingerprint density at radius 3 is 2.70 bits per heavy atom. The van der Waals surface area contributed by atoms with Gasteiger partial charge in [0.2, 0.25) is 0 Å². The van der Waals surface area contributed by atoms with Crippen molar-refractivity contribution in [2.75, 3.05) is 0 Å². The molecule has 0 bridgehead atoms. The number of thiophene rings is 1. The van der Waals surface area contributed by atoms with Gasteiger partial charge >= 0.3 is 0 Å². The third kappa shape index (κ3) is 3.35. The van der Waals surface area contributed by atoms with Crippen LogP contribution < -0.4 is 5.32 Å². The van der Waals surface area contributed by atoms with E-state index in [1.807, 2.05) is 60.8 Å². The zero-order valence-corrected chi connectivity index (χ0v) is 14.0. The summed E-state index contributed by atoms with van der Waals surface area (Å²) in [6.07, 6.45) is 0.892. The van der Waals surface area contributed by atoms with Crippen molar-refractivity contribution in [3.8, 4) is 16.3 Å². The quantitative estimate of drug-likeness (QED) is 0.767. The number of aromatic nitrogens is 2. The molecular formula is C18H19N3OS. The van der Waals surface area contributed by atoms with E-state index >= 15 is 0 Å². The molecule has 0 radical (unpaired) electrons. The van der Waals surface area contributed by atoms with E-state index in [4.69, 9.17) is 0 Å². The second-order valence-corrected chi connectivity index (χ2v) is 6.37. The van der Waals surface area contributed by atoms with Crippen LogP contribution in [0, 0.1) is 0 Å². The van der Waals surface area contributed by atoms with Crippen LogP contribution in [-0.2, 0) is 0 Å². The van der Waals surface area contributed by atoms with Gasteiger partial charge in [0.05, 0.1) is 10.6 Å². The summed E-state index contributed by atoms with van der Waals surface area (Å²) in [4.78, 5) is 13.7. The number of nitrogens with one attached hydrogen (secondary N) is 1. The van der Waals surface area contributed by atoms with E-state index in [0.29, 0.717) is 5.69 Å². The number of benzene rings is 1. The second-order valence-electron chi connectivity index (χ2n) is 5.42. The maximum Gasteiger partial charge on any atom is 0.270 e. The summed E-state index contributed by atoms with van der Waals surface area (Å²) in [7, 11) is 0. The fourth-order valence-corrected chi connectivity index (χ4v) is 2.93. The Morgan fingerprint density at radius 1 is 1.26 bits per heavy atom. The van der Waals surface area contributed by atoms with Crippen LogP contribution in [0.1, 0.15) is 30.8 Å². The Labute approximate surface area is 139 Å². The zero-order valence-electron chi connectivity index (χ0n) is 13.2. The molecule has 1 amide bonds. The Bertz CT molecular complexity index is 778. The molecule has 2 aromatic heterocycles. The second kappa shape index (κ2) is 6.79. The number of para-hydroxylation sites is 1. The molecular weight excluding hydrogens is 306 g/mol. The van der Waals surface area contributed by atoms with Crippen molar-refractivity contribution in [3.05, 3.63) is 59.6 Å². The van der Waals surface area contributed by atoms with E-state index in [1.165, 1.54) is 0 Å². The molecule has 5 heteroatoms. The van der Waals surface area contributed by atoms with Gasteiger partial charge in [-0.1, -0.05) is 31.2 Å². The third-order valence-electron chi connectivity index (χ3n) is 3.71. The van der Waals surface area contributed by atoms with Gasteiger partial charge in [0.1, 0.15) is 11.4 Å². The molecule has 0 saturated heterocycles. The van der Waals surface area contributed by atoms with Crippen LogP contribution in [0.4, 0.5) is 0 Å². The highest BCUT2D eigenvalue weighted by Crippen LogP contribution is 2.25. The monoisotopic (exact) mass is 325 g/mol. The number of hydrogen-bond donors (Lipinski definition) is 1. The van der Waals surface area contributed by atoms with Gasteiger partial charge in [-0.2, -0.15) is 5.10 Å². The summed E-state index contributed by atoms with van der Waals surface area (Å²) in [6.45, 7) is 4.05. The number of hydrogen-bond acceptors (Lipinski definition) is 3. The van der Waals surface area contributed by atoms with E-state index < -0.39 is 0 Å². The molecule has 1 aromatic carbocycles. The van der Waals surface area contributed by atoms with Crippen molar-refractivity contribution in [1.29, 1.82) is 0 Å². The number of carbonyl (C=O) groups excluding carboxylic acids is 1. The van der Waals surface area contributed by atoms with Crippen LogP contribution in [0.5, 0.6) is 0 Å². The van der Waals surface area contributed by atoms with E-state index in [0.717, 1.165) is 22.7 Å². The zero-order chi connectivity index (χ0) is 16.2. The highest BCUT2D eigenvalue weighted by molar-refractivity contribution is 7.13. The lowest BCUT2D eigenvalue weighted by Gasteiger charge is -2.12. The lowest BCUT2D eigenvalue weighted by Crippen LogP contribution is -2.33. The standard InChI is InChI=1S/C18H19N3OS/c1-3-13(2)19-18(22)16-12-15(17-10-7-11-23-17)20-21(16)14-8-5-4-6-9-14/h4-13H,3H2,1-2H3,(H,19,22)/t13-/m1/s1. The third-order valence-corrected chi connectivity index (χ3v) is 4.60. The van der Waals surface area contributed by atoms with E-state index in [9.17, 15) is 4.79 Å². The number of carbonyl (C=O) groups is 1. The number of rotatable bonds is 5. The van der Waals surface area contributed by atoms with Crippen LogP contribution in [-0.4, -0.2) is 21.7 Å². The molecule has 0 spiro atoms. The van der Waals surface area contributed by atoms with Crippen molar-refractivity contribution in [1.82, 2.24) is 15.1 Å². The van der Waals surface area contributed by atoms with Crippen LogP contribution in [0.25, 0.3) is 16.3 Å². The summed E-state index contributed by atoms with van der Waals surface area (Å²) in [5, 5.41) is 9.67. The molecule has 2 heterocycles. The summed E-state index contributed by atoms with van der Waals surface area (Å²) in [5.41, 5.74) is 2.25. The molecule has 0 unspecified atom stereocenters. The highest BCUT2D eigenvalue weighted by Gasteiger charge is 2.18. The topological polar surface area (TPSA) is 46.9 Å². The predicted octanol–water partition coefficient (Wildman–Crippen LogP) is 4.13. The smallest absolute Gasteiger partial charge is 0.270 e. The van der Waals surface area contributed by atoms with Gasteiger partial charge in [0.25, 0.3) is 5.91 Å². The lowest BCUT2D eigenvalue weighted by molar-refractivity contribution is 0.0931. The summed E-state index contributed by atoms with van der Waals surface area (Å²) >= 11 is 1.62. The van der Waals surface area contributed by atoms with Crippen molar-refractivity contribution in [2.45, 2.75) is 26.3 Å². The minimum atomic E-state index is -0.0986. The molecule has 0 aliphatic heterocycles. The van der Waals surface area contributed by atoms with Crippen LogP contribution >= 0.6 is 11.3 Å². The first kappa shape index (κ1) is 15.5. The molecule has 23 heavy (non-hydrogen) atoms. The van der Waals surface area contributed by atoms with Gasteiger partial charge < -0.3 is 5.32 Å². The Balaban J connectivity index is 2.04. The van der Waals surface area contributed by atoms with Gasteiger partial charge in [0, 0.05) is 6.04 Å². The normalized spacial score (nSPS) is 12.1. The van der Waals surface area contributed by atoms with Crippen LogP contribution in [0.3, 0.4) is 0 Å². The first-order chi connectivity index (χ1) is 11.2. The maximum absolute atomic E-state index is 12.6. The van der Waals surface area contributed by atoms with Crippen LogP contribution in [0.2, 0.25) is 0 Å². The fraction of sp³-hybridized carbons (Fsp3) is 0.222. The van der Waals surface area contributed by atoms with Crippen molar-refractivity contribution >= 4 is 17.2 Å². The van der Waals surface area contributed by atoms with Crippen molar-refractivity contribution in [3.63, 3.8) is 0 Å². The largest absolute Gasteiger partial charge is 0.348 e. The lowest BCUT2D eigenvalue weighted by atomic mass is 10.2. The van der Waals surface area contributed by atoms with Gasteiger partial charge in [-0.3, -0.25) is 4.79 Å². The average molecular weight is 325 g/mol. The van der Waals surface area contributed by atoms with Gasteiger partial charge in [-0.15, -0.1) is 11.3 Å². The Morgan fingerprint density at radius 2 is 2.04 bits per heavy atom. The molecule has 1 atom stereocenters. The molecule has 118 valence electrons. The van der Waals surface area contributed by atoms with E-state index in [-0.39, 0.29) is 11.9 Å². The molecule has 3 aromatic rings. The summed E-state index contributed by atoms with van der Waals surface area (Å²) in [5.74, 6) is -0.0986. The van der Waals surface area contributed by atoms with Crippen molar-refractivity contribution < 1.29 is 4.79 Å². The van der Waals surface area contributed by atoms with E-state index in [1.54, 1.807) is 16.0 Å². The highest BCUT2D eigenvalue weighted by atomic mass is 32.1. The van der Waals surface area contributed by atoms with Gasteiger partial charge in [0.15, 0.2) is 0 Å². The molecule has 0 fully saturated rings. The average Bonchev–Trinajstić information content (AvgIpc) is 3.24. The molecule has 0 aliphatic rings. The predicted molar refractivity (Wildman–Crippen MR) is 94.1 cm³/mol. The molecule has 0 aliphatic carbocycles. The number of nitrogens with zero attached hydrogens (tertiary/aromatic N) is 2. The Hall–Kier alpha value is -2.40. The molecule has 1 N–H and O–H groups in total. The van der Waals surface area contributed by atoms with Crippen LogP contribution in [0.15, 0.2) is 53.9 Å².